The highest BCUT2D eigenvalue weighted by atomic mass is 16.5. The number of rotatable bonds is 4. The number of benzene rings is 1. The first-order chi connectivity index (χ1) is 9.13. The van der Waals surface area contributed by atoms with Crippen molar-refractivity contribution in [2.75, 3.05) is 19.8 Å². The third kappa shape index (κ3) is 3.07. The number of nitrogens with zero attached hydrogens (tertiary/aromatic N) is 1. The molecule has 1 saturated heterocycles. The number of carbonyl (C=O) groups excluding carboxylic acids is 1. The van der Waals surface area contributed by atoms with Crippen LogP contribution in [0, 0.1) is 13.8 Å². The molecule has 1 N–H and O–H groups in total. The number of aryl methyl sites for hydroxylation is 2. The first-order valence-corrected chi connectivity index (χ1v) is 6.73. The van der Waals surface area contributed by atoms with Crippen LogP contribution in [-0.2, 0) is 4.79 Å². The Kier molecular flexibility index (Phi) is 4.43. The Bertz CT molecular complexity index is 438. The highest BCUT2D eigenvalue weighted by molar-refractivity contribution is 5.78. The molecule has 1 atom stereocenters. The zero-order chi connectivity index (χ0) is 13.8. The smallest absolute Gasteiger partial charge is 0.260 e. The summed E-state index contributed by atoms with van der Waals surface area (Å²) in [5, 5.41) is 9.22. The summed E-state index contributed by atoms with van der Waals surface area (Å²) in [4.78, 5) is 13.8. The summed E-state index contributed by atoms with van der Waals surface area (Å²) in [5.74, 6) is 0.745. The fourth-order valence-electron chi connectivity index (χ4n) is 2.60. The van der Waals surface area contributed by atoms with Crippen molar-refractivity contribution in [1.29, 1.82) is 0 Å². The maximum atomic E-state index is 12.1. The Morgan fingerprint density at radius 3 is 2.74 bits per heavy atom. The predicted octanol–water partition coefficient (Wildman–Crippen LogP) is 1.67. The second-order valence-electron chi connectivity index (χ2n) is 5.08. The van der Waals surface area contributed by atoms with E-state index in [1.807, 2.05) is 32.0 Å². The molecule has 1 amide bonds. The van der Waals surface area contributed by atoms with E-state index >= 15 is 0 Å². The first kappa shape index (κ1) is 13.9. The lowest BCUT2D eigenvalue weighted by Crippen LogP contribution is -2.40. The van der Waals surface area contributed by atoms with Gasteiger partial charge in [0.1, 0.15) is 5.75 Å². The first-order valence-electron chi connectivity index (χ1n) is 6.73. The van der Waals surface area contributed by atoms with Gasteiger partial charge < -0.3 is 14.7 Å². The monoisotopic (exact) mass is 263 g/mol. The molecule has 1 fully saturated rings. The van der Waals surface area contributed by atoms with E-state index in [1.54, 1.807) is 4.90 Å². The predicted molar refractivity (Wildman–Crippen MR) is 73.2 cm³/mol. The normalized spacial score (nSPS) is 18.7. The quantitative estimate of drug-likeness (QED) is 0.899. The average molecular weight is 263 g/mol. The van der Waals surface area contributed by atoms with E-state index in [4.69, 9.17) is 4.74 Å². The largest absolute Gasteiger partial charge is 0.483 e. The van der Waals surface area contributed by atoms with Gasteiger partial charge in [0, 0.05) is 6.54 Å². The molecule has 19 heavy (non-hydrogen) atoms. The molecule has 1 unspecified atom stereocenters. The Morgan fingerprint density at radius 1 is 1.42 bits per heavy atom. The number of hydrogen-bond donors (Lipinski definition) is 1. The number of amides is 1. The summed E-state index contributed by atoms with van der Waals surface area (Å²) in [5.41, 5.74) is 2.07. The number of likely N-dealkylation sites (tertiary alicyclic amines) is 1. The summed E-state index contributed by atoms with van der Waals surface area (Å²) in [6, 6.07) is 5.88. The maximum Gasteiger partial charge on any atom is 0.260 e. The molecule has 2 rings (SSSR count). The molecule has 1 aliphatic heterocycles. The van der Waals surface area contributed by atoms with Crippen LogP contribution in [0.4, 0.5) is 0 Å². The zero-order valence-corrected chi connectivity index (χ0v) is 11.6. The number of hydrogen-bond acceptors (Lipinski definition) is 3. The van der Waals surface area contributed by atoms with Crippen molar-refractivity contribution >= 4 is 5.91 Å². The molecule has 1 heterocycles. The maximum absolute atomic E-state index is 12.1. The lowest BCUT2D eigenvalue weighted by molar-refractivity contribution is -0.134. The summed E-state index contributed by atoms with van der Waals surface area (Å²) in [6.07, 6.45) is 1.84. The number of ether oxygens (including phenoxy) is 1. The fourth-order valence-corrected chi connectivity index (χ4v) is 2.60. The van der Waals surface area contributed by atoms with Crippen molar-refractivity contribution in [3.05, 3.63) is 29.3 Å². The van der Waals surface area contributed by atoms with E-state index in [1.165, 1.54) is 0 Å². The molecule has 0 spiro atoms. The van der Waals surface area contributed by atoms with Gasteiger partial charge in [0.15, 0.2) is 6.61 Å². The Hall–Kier alpha value is -1.55. The minimum atomic E-state index is -0.0424. The van der Waals surface area contributed by atoms with Crippen molar-refractivity contribution in [3.63, 3.8) is 0 Å². The van der Waals surface area contributed by atoms with Crippen LogP contribution in [0.1, 0.15) is 24.0 Å². The lowest BCUT2D eigenvalue weighted by atomic mass is 10.1. The van der Waals surface area contributed by atoms with Crippen molar-refractivity contribution in [2.45, 2.75) is 32.7 Å². The van der Waals surface area contributed by atoms with Gasteiger partial charge in [0.2, 0.25) is 0 Å². The van der Waals surface area contributed by atoms with E-state index in [-0.39, 0.29) is 25.2 Å². The van der Waals surface area contributed by atoms with Crippen LogP contribution >= 0.6 is 0 Å². The van der Waals surface area contributed by atoms with E-state index in [0.29, 0.717) is 0 Å². The molecule has 4 heteroatoms. The molecule has 0 radical (unpaired) electrons. The van der Waals surface area contributed by atoms with Crippen LogP contribution in [0.5, 0.6) is 5.75 Å². The van der Waals surface area contributed by atoms with Gasteiger partial charge in [-0.2, -0.15) is 0 Å². The van der Waals surface area contributed by atoms with Crippen molar-refractivity contribution in [2.24, 2.45) is 0 Å². The Labute approximate surface area is 114 Å². The highest BCUT2D eigenvalue weighted by Crippen LogP contribution is 2.23. The SMILES string of the molecule is Cc1cccc(C)c1OCC(=O)N1CCCC1CO. The fraction of sp³-hybridized carbons (Fsp3) is 0.533. The Morgan fingerprint density at radius 2 is 2.11 bits per heavy atom. The molecule has 4 nitrogen and oxygen atoms in total. The molecule has 0 saturated carbocycles. The van der Waals surface area contributed by atoms with E-state index in [0.717, 1.165) is 36.3 Å². The van der Waals surface area contributed by atoms with E-state index < -0.39 is 0 Å². The van der Waals surface area contributed by atoms with Gasteiger partial charge in [-0.15, -0.1) is 0 Å². The molecule has 0 aromatic heterocycles. The van der Waals surface area contributed by atoms with Crippen molar-refractivity contribution in [1.82, 2.24) is 4.90 Å². The van der Waals surface area contributed by atoms with Crippen molar-refractivity contribution < 1.29 is 14.6 Å². The van der Waals surface area contributed by atoms with Gasteiger partial charge in [-0.1, -0.05) is 18.2 Å². The van der Waals surface area contributed by atoms with Gasteiger partial charge in [0.05, 0.1) is 12.6 Å². The minimum Gasteiger partial charge on any atom is -0.483 e. The van der Waals surface area contributed by atoms with E-state index in [2.05, 4.69) is 0 Å². The number of para-hydroxylation sites is 1. The van der Waals surface area contributed by atoms with Crippen molar-refractivity contribution in [3.8, 4) is 5.75 Å². The molecule has 1 aromatic rings. The van der Waals surface area contributed by atoms with Gasteiger partial charge in [-0.05, 0) is 37.8 Å². The summed E-state index contributed by atoms with van der Waals surface area (Å²) in [7, 11) is 0. The molecule has 0 aliphatic carbocycles. The van der Waals surface area contributed by atoms with Gasteiger partial charge >= 0.3 is 0 Å². The number of aliphatic hydroxyl groups is 1. The Balaban J connectivity index is 1.97. The van der Waals surface area contributed by atoms with E-state index in [9.17, 15) is 9.90 Å². The zero-order valence-electron chi connectivity index (χ0n) is 11.6. The standard InChI is InChI=1S/C15H21NO3/c1-11-5-3-6-12(2)15(11)19-10-14(18)16-8-4-7-13(16)9-17/h3,5-6,13,17H,4,7-10H2,1-2H3. The minimum absolute atomic E-state index is 0.0333. The molecular weight excluding hydrogens is 242 g/mol. The molecule has 0 bridgehead atoms. The molecule has 1 aromatic carbocycles. The highest BCUT2D eigenvalue weighted by Gasteiger charge is 2.28. The van der Waals surface area contributed by atoms with Crippen LogP contribution < -0.4 is 4.74 Å². The number of carbonyl (C=O) groups is 1. The number of aliphatic hydroxyl groups excluding tert-OH is 1. The van der Waals surface area contributed by atoms with Crippen LogP contribution in [0.3, 0.4) is 0 Å². The molecule has 1 aliphatic rings. The summed E-state index contributed by atoms with van der Waals surface area (Å²) < 4.78 is 5.66. The lowest BCUT2D eigenvalue weighted by Gasteiger charge is -2.23. The van der Waals surface area contributed by atoms with Crippen LogP contribution in [0.15, 0.2) is 18.2 Å². The summed E-state index contributed by atoms with van der Waals surface area (Å²) in [6.45, 7) is 4.75. The topological polar surface area (TPSA) is 49.8 Å². The van der Waals surface area contributed by atoms with Gasteiger partial charge in [-0.3, -0.25) is 4.79 Å². The molecule has 104 valence electrons. The molecular formula is C15H21NO3. The second kappa shape index (κ2) is 6.06. The third-order valence-electron chi connectivity index (χ3n) is 3.66. The van der Waals surface area contributed by atoms with Crippen LogP contribution in [0.25, 0.3) is 0 Å². The van der Waals surface area contributed by atoms with Gasteiger partial charge in [0.25, 0.3) is 5.91 Å². The third-order valence-corrected chi connectivity index (χ3v) is 3.66. The second-order valence-corrected chi connectivity index (χ2v) is 5.08. The average Bonchev–Trinajstić information content (AvgIpc) is 2.86. The van der Waals surface area contributed by atoms with Gasteiger partial charge in [-0.25, -0.2) is 0 Å². The summed E-state index contributed by atoms with van der Waals surface area (Å²) >= 11 is 0. The van der Waals surface area contributed by atoms with Crippen LogP contribution in [-0.4, -0.2) is 41.7 Å². The van der Waals surface area contributed by atoms with Crippen LogP contribution in [0.2, 0.25) is 0 Å².